The van der Waals surface area contributed by atoms with Gasteiger partial charge in [0.2, 0.25) is 0 Å². The van der Waals surface area contributed by atoms with Gasteiger partial charge in [-0.15, -0.1) is 0 Å². The van der Waals surface area contributed by atoms with Crippen molar-refractivity contribution in [3.05, 3.63) is 97.8 Å². The van der Waals surface area contributed by atoms with Crippen molar-refractivity contribution in [3.8, 4) is 23.0 Å². The molecule has 6 aromatic rings. The number of H-pyrrole nitrogens is 1. The van der Waals surface area contributed by atoms with Crippen LogP contribution >= 0.6 is 0 Å². The number of aromatic amines is 1. The second kappa shape index (κ2) is 21.9. The molecule has 0 radical (unpaired) electrons. The molecule has 4 aromatic heterocycles. The van der Waals surface area contributed by atoms with Gasteiger partial charge in [0.25, 0.3) is 0 Å². The summed E-state index contributed by atoms with van der Waals surface area (Å²) in [6, 6.07) is 19.2. The molecule has 0 saturated carbocycles. The third-order valence-electron chi connectivity index (χ3n) is 9.78. The number of carbonyl (C=O) groups excluding carboxylic acids is 1. The molecule has 2 aliphatic rings. The standard InChI is InChI=1S/C24H30N6O4.C20H24N6O2/c1-3-32-19-9-5-6-10-20(19)34-18-8-7-12-29(16-18)23-15-25-14-22(27-23)26-21-11-13-30(28-21)17-24(31)33-4-2;1-2-27-16-7-3-4-8-17(16)28-15-6-5-11-26(14-15)20-13-21-12-19(24-20)23-18-9-10-22-25-18/h5-6,9-11,13-15,18H,3-4,7-8,12,16-17H2,1-2H3,(H,26,27,28);3-4,7-10,12-13,15H,2,5-6,11,14H2,1H3,(H2,22,23,24,25)/t18-;15-/m11/s1. The van der Waals surface area contributed by atoms with Gasteiger partial charge in [0.05, 0.1) is 57.7 Å². The molecule has 0 unspecified atom stereocenters. The quantitative estimate of drug-likeness (QED) is 0.0810. The molecule has 2 saturated heterocycles. The van der Waals surface area contributed by atoms with E-state index in [0.717, 1.165) is 80.0 Å². The Labute approximate surface area is 361 Å². The molecular formula is C44H54N12O6. The highest BCUT2D eigenvalue weighted by Crippen LogP contribution is 2.31. The Balaban J connectivity index is 0.000000190. The third kappa shape index (κ3) is 12.2. The van der Waals surface area contributed by atoms with Crippen molar-refractivity contribution in [1.29, 1.82) is 0 Å². The van der Waals surface area contributed by atoms with Crippen LogP contribution in [0.15, 0.2) is 97.8 Å². The number of benzene rings is 2. The summed E-state index contributed by atoms with van der Waals surface area (Å²) in [5, 5.41) is 17.5. The number of piperidine rings is 2. The predicted octanol–water partition coefficient (Wildman–Crippen LogP) is 6.82. The molecule has 18 nitrogen and oxygen atoms in total. The lowest BCUT2D eigenvalue weighted by Crippen LogP contribution is -2.41. The lowest BCUT2D eigenvalue weighted by atomic mass is 10.1. The Kier molecular flexibility index (Phi) is 15.2. The summed E-state index contributed by atoms with van der Waals surface area (Å²) >= 11 is 0. The van der Waals surface area contributed by atoms with E-state index in [-0.39, 0.29) is 24.7 Å². The molecule has 0 spiro atoms. The van der Waals surface area contributed by atoms with Crippen LogP contribution in [-0.4, -0.2) is 104 Å². The van der Waals surface area contributed by atoms with E-state index in [0.29, 0.717) is 49.6 Å². The van der Waals surface area contributed by atoms with E-state index >= 15 is 0 Å². The first-order valence-electron chi connectivity index (χ1n) is 21.1. The van der Waals surface area contributed by atoms with E-state index in [4.69, 9.17) is 28.7 Å². The largest absolute Gasteiger partial charge is 0.490 e. The maximum absolute atomic E-state index is 11.6. The maximum Gasteiger partial charge on any atom is 0.327 e. The van der Waals surface area contributed by atoms with Gasteiger partial charge in [0, 0.05) is 37.6 Å². The maximum atomic E-state index is 11.6. The van der Waals surface area contributed by atoms with E-state index in [1.54, 1.807) is 50.2 Å². The second-order valence-corrected chi connectivity index (χ2v) is 14.4. The van der Waals surface area contributed by atoms with Crippen LogP contribution in [0.4, 0.5) is 34.9 Å². The Hall–Kier alpha value is -7.11. The first-order valence-corrected chi connectivity index (χ1v) is 21.1. The number of hydrogen-bond donors (Lipinski definition) is 3. The highest BCUT2D eigenvalue weighted by atomic mass is 16.5. The fourth-order valence-corrected chi connectivity index (χ4v) is 7.07. The second-order valence-electron chi connectivity index (χ2n) is 14.4. The van der Waals surface area contributed by atoms with Crippen molar-refractivity contribution < 1.29 is 28.5 Å². The van der Waals surface area contributed by atoms with Gasteiger partial charge in [-0.3, -0.25) is 24.5 Å². The minimum atomic E-state index is -0.329. The monoisotopic (exact) mass is 846 g/mol. The number of nitrogens with zero attached hydrogens (tertiary/aromatic N) is 9. The highest BCUT2D eigenvalue weighted by Gasteiger charge is 2.25. The third-order valence-corrected chi connectivity index (χ3v) is 9.78. The molecule has 2 aliphatic heterocycles. The molecule has 62 heavy (non-hydrogen) atoms. The van der Waals surface area contributed by atoms with Gasteiger partial charge in [-0.25, -0.2) is 9.97 Å². The summed E-state index contributed by atoms with van der Waals surface area (Å²) in [5.41, 5.74) is 0. The zero-order valence-corrected chi connectivity index (χ0v) is 35.4. The minimum Gasteiger partial charge on any atom is -0.490 e. The number of rotatable bonds is 17. The van der Waals surface area contributed by atoms with Crippen LogP contribution in [0.25, 0.3) is 0 Å². The average molecular weight is 847 g/mol. The van der Waals surface area contributed by atoms with Gasteiger partial charge >= 0.3 is 5.97 Å². The first kappa shape index (κ1) is 43.0. The van der Waals surface area contributed by atoms with Crippen LogP contribution in [0.1, 0.15) is 46.5 Å². The normalized spacial score (nSPS) is 16.0. The summed E-state index contributed by atoms with van der Waals surface area (Å²) in [6.45, 7) is 10.6. The number of para-hydroxylation sites is 4. The van der Waals surface area contributed by atoms with Crippen molar-refractivity contribution in [2.75, 3.05) is 66.4 Å². The number of carbonyl (C=O) groups is 1. The molecule has 2 fully saturated rings. The van der Waals surface area contributed by atoms with E-state index in [2.05, 4.69) is 50.7 Å². The smallest absolute Gasteiger partial charge is 0.327 e. The Morgan fingerprint density at radius 1 is 0.677 bits per heavy atom. The number of anilines is 6. The Morgan fingerprint density at radius 3 is 1.74 bits per heavy atom. The first-order chi connectivity index (χ1) is 30.5. The van der Waals surface area contributed by atoms with Crippen molar-refractivity contribution >= 4 is 40.9 Å². The van der Waals surface area contributed by atoms with Crippen molar-refractivity contribution in [1.82, 2.24) is 39.9 Å². The SMILES string of the molecule is CCOC(=O)Cn1ccc(Nc2cncc(N3CCC[C@@H](Oc4ccccc4OCC)C3)n2)n1.CCOc1ccccc1O[C@@H]1CCCN(c2cncc(Nc3cc[nH]n3)n2)C1. The molecule has 0 bridgehead atoms. The Morgan fingerprint density at radius 2 is 1.23 bits per heavy atom. The summed E-state index contributed by atoms with van der Waals surface area (Å²) < 4.78 is 30.4. The summed E-state index contributed by atoms with van der Waals surface area (Å²) in [4.78, 5) is 34.1. The van der Waals surface area contributed by atoms with Crippen LogP contribution in [0.2, 0.25) is 0 Å². The van der Waals surface area contributed by atoms with Crippen LogP contribution in [0.3, 0.4) is 0 Å². The fraction of sp³-hybridized carbons (Fsp3) is 0.386. The topological polar surface area (TPSA) is 192 Å². The zero-order valence-electron chi connectivity index (χ0n) is 35.4. The van der Waals surface area contributed by atoms with Crippen molar-refractivity contribution in [3.63, 3.8) is 0 Å². The molecule has 0 aliphatic carbocycles. The summed E-state index contributed by atoms with van der Waals surface area (Å²) in [6.07, 6.45) is 14.4. The lowest BCUT2D eigenvalue weighted by molar-refractivity contribution is -0.144. The molecule has 326 valence electrons. The van der Waals surface area contributed by atoms with E-state index in [1.807, 2.05) is 68.4 Å². The predicted molar refractivity (Wildman–Crippen MR) is 235 cm³/mol. The number of hydrogen-bond acceptors (Lipinski definition) is 16. The van der Waals surface area contributed by atoms with Gasteiger partial charge < -0.3 is 44.1 Å². The number of ether oxygens (including phenoxy) is 5. The highest BCUT2D eigenvalue weighted by molar-refractivity contribution is 5.69. The van der Waals surface area contributed by atoms with Crippen molar-refractivity contribution in [2.45, 2.75) is 65.2 Å². The van der Waals surface area contributed by atoms with Gasteiger partial charge in [-0.2, -0.15) is 10.2 Å². The Bertz CT molecular complexity index is 2290. The van der Waals surface area contributed by atoms with Crippen molar-refractivity contribution in [2.24, 2.45) is 0 Å². The molecule has 2 atom stereocenters. The van der Waals surface area contributed by atoms with Gasteiger partial charge in [0.1, 0.15) is 30.4 Å². The number of aromatic nitrogens is 8. The summed E-state index contributed by atoms with van der Waals surface area (Å²) in [5.74, 6) is 6.87. The van der Waals surface area contributed by atoms with Gasteiger partial charge in [-0.05, 0) is 70.7 Å². The van der Waals surface area contributed by atoms with E-state index in [9.17, 15) is 4.79 Å². The molecule has 18 heteroatoms. The molecule has 2 aromatic carbocycles. The van der Waals surface area contributed by atoms with Crippen LogP contribution < -0.4 is 39.4 Å². The summed E-state index contributed by atoms with van der Waals surface area (Å²) in [7, 11) is 0. The minimum absolute atomic E-state index is 0.0207. The molecule has 3 N–H and O–H groups in total. The molecule has 0 amide bonds. The van der Waals surface area contributed by atoms with E-state index in [1.165, 1.54) is 4.68 Å². The number of nitrogens with one attached hydrogen (secondary N) is 3. The van der Waals surface area contributed by atoms with Crippen LogP contribution in [0.5, 0.6) is 23.0 Å². The fourth-order valence-electron chi connectivity index (χ4n) is 7.07. The zero-order chi connectivity index (χ0) is 42.9. The van der Waals surface area contributed by atoms with Crippen LogP contribution in [-0.2, 0) is 16.1 Å². The van der Waals surface area contributed by atoms with E-state index < -0.39 is 0 Å². The molecule has 6 heterocycles. The lowest BCUT2D eigenvalue weighted by Gasteiger charge is -2.33. The number of esters is 1. The van der Waals surface area contributed by atoms with Gasteiger partial charge in [-0.1, -0.05) is 24.3 Å². The average Bonchev–Trinajstić information content (AvgIpc) is 3.98. The van der Waals surface area contributed by atoms with Gasteiger partial charge in [0.15, 0.2) is 46.3 Å². The molecular weight excluding hydrogens is 793 g/mol. The van der Waals surface area contributed by atoms with Crippen LogP contribution in [0, 0.1) is 0 Å². The molecule has 8 rings (SSSR count).